The smallest absolute Gasteiger partial charge is 0.220 e. The number of aliphatic hydroxyl groups excluding tert-OH is 1. The van der Waals surface area contributed by atoms with E-state index in [2.05, 4.69) is 5.32 Å². The summed E-state index contributed by atoms with van der Waals surface area (Å²) in [5, 5.41) is 12.2. The largest absolute Gasteiger partial charge is 0.461 e. The number of aliphatic hydroxyl groups is 1. The van der Waals surface area contributed by atoms with Crippen molar-refractivity contribution in [3.63, 3.8) is 0 Å². The van der Waals surface area contributed by atoms with Gasteiger partial charge in [0.1, 0.15) is 17.3 Å². The number of rotatable bonds is 8. The SMILES string of the molecule is CC(O)CC(C)CNC(=O)CCc1ccc(-c2ccccc2F)o1. The Balaban J connectivity index is 1.81. The molecule has 5 heteroatoms. The summed E-state index contributed by atoms with van der Waals surface area (Å²) >= 11 is 0. The van der Waals surface area contributed by atoms with Crippen molar-refractivity contribution in [2.45, 2.75) is 39.2 Å². The summed E-state index contributed by atoms with van der Waals surface area (Å²) in [7, 11) is 0. The Morgan fingerprint density at radius 1 is 1.25 bits per heavy atom. The highest BCUT2D eigenvalue weighted by molar-refractivity contribution is 5.76. The van der Waals surface area contributed by atoms with Gasteiger partial charge in [-0.25, -0.2) is 4.39 Å². The van der Waals surface area contributed by atoms with Gasteiger partial charge in [0.15, 0.2) is 0 Å². The summed E-state index contributed by atoms with van der Waals surface area (Å²) in [6.07, 6.45) is 1.07. The predicted octanol–water partition coefficient (Wildman–Crippen LogP) is 3.54. The summed E-state index contributed by atoms with van der Waals surface area (Å²) in [5.41, 5.74) is 0.417. The number of carbonyl (C=O) groups is 1. The lowest BCUT2D eigenvalue weighted by Crippen LogP contribution is -2.29. The van der Waals surface area contributed by atoms with Gasteiger partial charge in [-0.15, -0.1) is 0 Å². The van der Waals surface area contributed by atoms with Crippen LogP contribution in [0.25, 0.3) is 11.3 Å². The van der Waals surface area contributed by atoms with Crippen LogP contribution in [0.3, 0.4) is 0 Å². The lowest BCUT2D eigenvalue weighted by Gasteiger charge is -2.13. The normalized spacial score (nSPS) is 13.5. The standard InChI is InChI=1S/C19H24FNO3/c1-13(11-14(2)22)12-21-19(23)10-8-15-7-9-18(24-15)16-5-3-4-6-17(16)20/h3-7,9,13-14,22H,8,10-12H2,1-2H3,(H,21,23). The molecule has 2 atom stereocenters. The summed E-state index contributed by atoms with van der Waals surface area (Å²) in [5.74, 6) is 0.958. The van der Waals surface area contributed by atoms with Gasteiger partial charge >= 0.3 is 0 Å². The number of nitrogens with one attached hydrogen (secondary N) is 1. The summed E-state index contributed by atoms with van der Waals surface area (Å²) in [4.78, 5) is 11.9. The molecule has 1 aromatic carbocycles. The summed E-state index contributed by atoms with van der Waals surface area (Å²) in [6, 6.07) is 9.92. The first kappa shape index (κ1) is 18.2. The molecule has 1 amide bonds. The van der Waals surface area contributed by atoms with Gasteiger partial charge in [0.2, 0.25) is 5.91 Å². The van der Waals surface area contributed by atoms with Crippen molar-refractivity contribution in [1.29, 1.82) is 0 Å². The Morgan fingerprint density at radius 2 is 2.00 bits per heavy atom. The summed E-state index contributed by atoms with van der Waals surface area (Å²) in [6.45, 7) is 4.27. The molecule has 0 aliphatic rings. The number of carbonyl (C=O) groups excluding carboxylic acids is 1. The minimum atomic E-state index is -0.364. The highest BCUT2D eigenvalue weighted by Crippen LogP contribution is 2.25. The molecule has 2 rings (SSSR count). The number of aryl methyl sites for hydroxylation is 1. The van der Waals surface area contributed by atoms with Crippen LogP contribution in [0.4, 0.5) is 4.39 Å². The van der Waals surface area contributed by atoms with Crippen molar-refractivity contribution in [1.82, 2.24) is 5.32 Å². The van der Waals surface area contributed by atoms with Crippen LogP contribution in [0.15, 0.2) is 40.8 Å². The second-order valence-electron chi connectivity index (χ2n) is 6.24. The lowest BCUT2D eigenvalue weighted by molar-refractivity contribution is -0.121. The highest BCUT2D eigenvalue weighted by Gasteiger charge is 2.11. The lowest BCUT2D eigenvalue weighted by atomic mass is 10.0. The molecule has 2 aromatic rings. The van der Waals surface area contributed by atoms with Crippen molar-refractivity contribution in [3.8, 4) is 11.3 Å². The number of benzene rings is 1. The van der Waals surface area contributed by atoms with Crippen LogP contribution in [0.2, 0.25) is 0 Å². The average Bonchev–Trinajstić information content (AvgIpc) is 2.99. The fourth-order valence-corrected chi connectivity index (χ4v) is 2.60. The first-order valence-corrected chi connectivity index (χ1v) is 8.24. The monoisotopic (exact) mass is 333 g/mol. The average molecular weight is 333 g/mol. The highest BCUT2D eigenvalue weighted by atomic mass is 19.1. The molecule has 0 spiro atoms. The minimum absolute atomic E-state index is 0.0590. The molecule has 24 heavy (non-hydrogen) atoms. The van der Waals surface area contributed by atoms with Crippen LogP contribution >= 0.6 is 0 Å². The van der Waals surface area contributed by atoms with Gasteiger partial charge in [-0.2, -0.15) is 0 Å². The molecule has 1 aromatic heterocycles. The number of halogens is 1. The zero-order valence-corrected chi connectivity index (χ0v) is 14.1. The molecular formula is C19H24FNO3. The van der Waals surface area contributed by atoms with Crippen molar-refractivity contribution in [2.75, 3.05) is 6.54 Å². The Morgan fingerprint density at radius 3 is 2.71 bits per heavy atom. The molecule has 0 radical (unpaired) electrons. The molecule has 0 saturated heterocycles. The number of hydrogen-bond acceptors (Lipinski definition) is 3. The Labute approximate surface area is 141 Å². The van der Waals surface area contributed by atoms with Gasteiger partial charge in [0, 0.05) is 19.4 Å². The van der Waals surface area contributed by atoms with E-state index in [-0.39, 0.29) is 23.7 Å². The van der Waals surface area contributed by atoms with E-state index in [0.717, 1.165) is 0 Å². The maximum Gasteiger partial charge on any atom is 0.220 e. The van der Waals surface area contributed by atoms with E-state index >= 15 is 0 Å². The van der Waals surface area contributed by atoms with Gasteiger partial charge in [0.05, 0.1) is 11.7 Å². The second-order valence-corrected chi connectivity index (χ2v) is 6.24. The van der Waals surface area contributed by atoms with Gasteiger partial charge in [0.25, 0.3) is 0 Å². The van der Waals surface area contributed by atoms with Crippen molar-refractivity contribution >= 4 is 5.91 Å². The third kappa shape index (κ3) is 5.49. The third-order valence-electron chi connectivity index (χ3n) is 3.79. The molecule has 2 N–H and O–H groups in total. The van der Waals surface area contributed by atoms with E-state index in [1.165, 1.54) is 6.07 Å². The molecular weight excluding hydrogens is 309 g/mol. The molecule has 0 saturated carbocycles. The van der Waals surface area contributed by atoms with Crippen molar-refractivity contribution in [3.05, 3.63) is 48.0 Å². The van der Waals surface area contributed by atoms with Gasteiger partial charge in [-0.3, -0.25) is 4.79 Å². The Bertz CT molecular complexity index is 666. The molecule has 0 aliphatic heterocycles. The molecule has 1 heterocycles. The fourth-order valence-electron chi connectivity index (χ4n) is 2.60. The van der Waals surface area contributed by atoms with E-state index in [1.807, 2.05) is 6.92 Å². The van der Waals surface area contributed by atoms with Crippen LogP contribution in [0, 0.1) is 11.7 Å². The molecule has 2 unspecified atom stereocenters. The first-order valence-electron chi connectivity index (χ1n) is 8.24. The van der Waals surface area contributed by atoms with Crippen LogP contribution in [-0.4, -0.2) is 23.7 Å². The quantitative estimate of drug-likeness (QED) is 0.777. The van der Waals surface area contributed by atoms with Crippen LogP contribution in [0.1, 0.15) is 32.4 Å². The van der Waals surface area contributed by atoms with E-state index in [4.69, 9.17) is 4.42 Å². The maximum absolute atomic E-state index is 13.7. The number of hydrogen-bond donors (Lipinski definition) is 2. The maximum atomic E-state index is 13.7. The van der Waals surface area contributed by atoms with Gasteiger partial charge in [-0.1, -0.05) is 19.1 Å². The van der Waals surface area contributed by atoms with Crippen molar-refractivity contribution in [2.24, 2.45) is 5.92 Å². The van der Waals surface area contributed by atoms with Crippen LogP contribution in [-0.2, 0) is 11.2 Å². The first-order chi connectivity index (χ1) is 11.5. The molecule has 0 bridgehead atoms. The zero-order chi connectivity index (χ0) is 17.5. The van der Waals surface area contributed by atoms with Gasteiger partial charge < -0.3 is 14.8 Å². The second kappa shape index (κ2) is 8.64. The fraction of sp³-hybridized carbons (Fsp3) is 0.421. The van der Waals surface area contributed by atoms with E-state index in [9.17, 15) is 14.3 Å². The van der Waals surface area contributed by atoms with E-state index < -0.39 is 0 Å². The zero-order valence-electron chi connectivity index (χ0n) is 14.1. The third-order valence-corrected chi connectivity index (χ3v) is 3.79. The van der Waals surface area contributed by atoms with E-state index in [0.29, 0.717) is 42.9 Å². The predicted molar refractivity (Wildman–Crippen MR) is 90.9 cm³/mol. The minimum Gasteiger partial charge on any atom is -0.461 e. The molecule has 0 aliphatic carbocycles. The molecule has 4 nitrogen and oxygen atoms in total. The Hall–Kier alpha value is -2.14. The number of furan rings is 1. The molecule has 130 valence electrons. The topological polar surface area (TPSA) is 62.5 Å². The number of amides is 1. The van der Waals surface area contributed by atoms with Crippen LogP contribution in [0.5, 0.6) is 0 Å². The summed E-state index contributed by atoms with van der Waals surface area (Å²) < 4.78 is 19.3. The Kier molecular flexibility index (Phi) is 6.55. The van der Waals surface area contributed by atoms with Crippen molar-refractivity contribution < 1.29 is 18.7 Å². The van der Waals surface area contributed by atoms with Gasteiger partial charge in [-0.05, 0) is 43.5 Å². The van der Waals surface area contributed by atoms with E-state index in [1.54, 1.807) is 37.3 Å². The molecule has 0 fully saturated rings. The van der Waals surface area contributed by atoms with Crippen LogP contribution < -0.4 is 5.32 Å².